The van der Waals surface area contributed by atoms with Gasteiger partial charge in [-0.2, -0.15) is 0 Å². The first-order valence-corrected chi connectivity index (χ1v) is 15.9. The van der Waals surface area contributed by atoms with Gasteiger partial charge in [-0.15, -0.1) is 0 Å². The predicted octanol–water partition coefficient (Wildman–Crippen LogP) is 6.02. The molecular weight excluding hydrogens is 512 g/mol. The number of carbonyl (C=O) groups excluding carboxylic acids is 2. The summed E-state index contributed by atoms with van der Waals surface area (Å²) in [6, 6.07) is 0. The molecule has 40 heavy (non-hydrogen) atoms. The molecule has 0 aliphatic carbocycles. The Morgan fingerprint density at radius 2 is 0.800 bits per heavy atom. The number of hydrogen-bond acceptors (Lipinski definition) is 5. The molecule has 0 spiro atoms. The second-order valence-corrected chi connectivity index (χ2v) is 11.1. The van der Waals surface area contributed by atoms with Gasteiger partial charge in [-0.05, 0) is 12.8 Å². The highest BCUT2D eigenvalue weighted by Crippen LogP contribution is 2.13. The van der Waals surface area contributed by atoms with E-state index < -0.39 is 18.0 Å². The highest BCUT2D eigenvalue weighted by atomic mass is 16.4. The first-order valence-electron chi connectivity index (χ1n) is 15.9. The molecule has 0 fully saturated rings. The van der Waals surface area contributed by atoms with Gasteiger partial charge in [0.05, 0.1) is 18.9 Å². The minimum atomic E-state index is -1.04. The van der Waals surface area contributed by atoms with Crippen molar-refractivity contribution in [3.05, 3.63) is 0 Å². The molecule has 0 aliphatic heterocycles. The number of carbonyl (C=O) groups is 4. The van der Waals surface area contributed by atoms with Gasteiger partial charge in [0, 0.05) is 39.0 Å². The van der Waals surface area contributed by atoms with E-state index in [2.05, 4.69) is 13.8 Å². The smallest absolute Gasteiger partial charge is 0.303 e. The van der Waals surface area contributed by atoms with E-state index in [0.717, 1.165) is 51.4 Å². The van der Waals surface area contributed by atoms with Gasteiger partial charge in [0.2, 0.25) is 11.8 Å². The van der Waals surface area contributed by atoms with E-state index in [1.54, 1.807) is 0 Å². The van der Waals surface area contributed by atoms with Gasteiger partial charge in [0.1, 0.15) is 0 Å². The fourth-order valence-corrected chi connectivity index (χ4v) is 4.82. The Bertz CT molecular complexity index is 631. The lowest BCUT2D eigenvalue weighted by atomic mass is 10.1. The first-order chi connectivity index (χ1) is 19.2. The van der Waals surface area contributed by atoms with Crippen LogP contribution in [0, 0.1) is 0 Å². The average molecular weight is 571 g/mol. The van der Waals surface area contributed by atoms with Crippen molar-refractivity contribution in [1.29, 1.82) is 0 Å². The highest BCUT2D eigenvalue weighted by Gasteiger charge is 2.22. The van der Waals surface area contributed by atoms with Gasteiger partial charge in [-0.3, -0.25) is 19.2 Å². The third kappa shape index (κ3) is 22.6. The molecule has 0 rings (SSSR count). The molecule has 0 radical (unpaired) electrons. The molecule has 0 saturated heterocycles. The van der Waals surface area contributed by atoms with Crippen LogP contribution in [0.25, 0.3) is 0 Å². The Morgan fingerprint density at radius 3 is 1.10 bits per heavy atom. The lowest BCUT2D eigenvalue weighted by Gasteiger charge is -2.30. The summed E-state index contributed by atoms with van der Waals surface area (Å²) in [6.07, 6.45) is 16.0. The van der Waals surface area contributed by atoms with Crippen LogP contribution in [0.1, 0.15) is 142 Å². The fourth-order valence-electron chi connectivity index (χ4n) is 4.82. The molecule has 9 heteroatoms. The standard InChI is InChI=1S/C31H58N2O7/c1-3-5-7-9-11-13-15-17-23-32(28(35)19-21-30(37)38)25-27(34)26-33(29(36)20-22-31(39)40)24-18-16-14-12-10-8-6-4-2/h27,34H,3-26H2,1-2H3,(H,37,38)(H,39,40). The number of aliphatic carboxylic acids is 2. The van der Waals surface area contributed by atoms with E-state index in [4.69, 9.17) is 10.2 Å². The number of nitrogens with zero attached hydrogens (tertiary/aromatic N) is 2. The largest absolute Gasteiger partial charge is 0.481 e. The zero-order valence-corrected chi connectivity index (χ0v) is 25.4. The molecule has 234 valence electrons. The number of aliphatic hydroxyl groups is 1. The summed E-state index contributed by atoms with van der Waals surface area (Å²) in [7, 11) is 0. The van der Waals surface area contributed by atoms with E-state index >= 15 is 0 Å². The lowest BCUT2D eigenvalue weighted by molar-refractivity contribution is -0.142. The predicted molar refractivity (Wildman–Crippen MR) is 158 cm³/mol. The zero-order valence-electron chi connectivity index (χ0n) is 25.4. The summed E-state index contributed by atoms with van der Waals surface area (Å²) in [4.78, 5) is 50.6. The lowest BCUT2D eigenvalue weighted by Crippen LogP contribution is -2.45. The van der Waals surface area contributed by atoms with Crippen LogP contribution < -0.4 is 0 Å². The minimum absolute atomic E-state index is 0.0229. The van der Waals surface area contributed by atoms with Crippen molar-refractivity contribution in [2.24, 2.45) is 0 Å². The molecule has 0 aliphatic rings. The number of aliphatic hydroxyl groups excluding tert-OH is 1. The third-order valence-corrected chi connectivity index (χ3v) is 7.24. The van der Waals surface area contributed by atoms with Crippen molar-refractivity contribution in [3.63, 3.8) is 0 Å². The topological polar surface area (TPSA) is 135 Å². The number of amides is 2. The highest BCUT2D eigenvalue weighted by molar-refractivity contribution is 5.81. The molecule has 0 unspecified atom stereocenters. The monoisotopic (exact) mass is 570 g/mol. The van der Waals surface area contributed by atoms with Gasteiger partial charge in [-0.1, -0.05) is 104 Å². The number of carboxylic acids is 2. The molecule has 0 aromatic carbocycles. The van der Waals surface area contributed by atoms with Crippen LogP contribution in [-0.2, 0) is 19.2 Å². The Labute approximate surface area is 242 Å². The Morgan fingerprint density at radius 1 is 0.500 bits per heavy atom. The maximum absolute atomic E-state index is 12.8. The zero-order chi connectivity index (χ0) is 30.0. The second-order valence-electron chi connectivity index (χ2n) is 11.1. The summed E-state index contributed by atoms with van der Waals surface area (Å²) >= 11 is 0. The molecule has 9 nitrogen and oxygen atoms in total. The molecule has 0 saturated carbocycles. The van der Waals surface area contributed by atoms with E-state index in [9.17, 15) is 24.3 Å². The van der Waals surface area contributed by atoms with Crippen LogP contribution in [0.3, 0.4) is 0 Å². The summed E-state index contributed by atoms with van der Waals surface area (Å²) < 4.78 is 0. The maximum atomic E-state index is 12.8. The van der Waals surface area contributed by atoms with E-state index in [1.807, 2.05) is 0 Å². The Hall–Kier alpha value is -2.16. The van der Waals surface area contributed by atoms with E-state index in [0.29, 0.717) is 13.1 Å². The van der Waals surface area contributed by atoms with E-state index in [1.165, 1.54) is 61.2 Å². The van der Waals surface area contributed by atoms with Crippen LogP contribution >= 0.6 is 0 Å². The number of carboxylic acid groups (broad SMARTS) is 2. The quantitative estimate of drug-likeness (QED) is 0.0979. The number of rotatable bonds is 28. The SMILES string of the molecule is CCCCCCCCCCN(CC(O)CN(CCCCCCCCCC)C(=O)CCC(=O)O)C(=O)CCC(=O)O. The van der Waals surface area contributed by atoms with Crippen LogP contribution in [0.4, 0.5) is 0 Å². The Kier molecular flexibility index (Phi) is 24.4. The van der Waals surface area contributed by atoms with Crippen LogP contribution in [0.15, 0.2) is 0 Å². The van der Waals surface area contributed by atoms with Crippen molar-refractivity contribution < 1.29 is 34.5 Å². The molecule has 3 N–H and O–H groups in total. The van der Waals surface area contributed by atoms with Crippen molar-refractivity contribution >= 4 is 23.8 Å². The van der Waals surface area contributed by atoms with Crippen molar-refractivity contribution in [1.82, 2.24) is 9.80 Å². The minimum Gasteiger partial charge on any atom is -0.481 e. The molecular formula is C31H58N2O7. The molecule has 0 bridgehead atoms. The first kappa shape index (κ1) is 37.8. The summed E-state index contributed by atoms with van der Waals surface area (Å²) in [5.74, 6) is -2.70. The van der Waals surface area contributed by atoms with Crippen molar-refractivity contribution in [2.45, 2.75) is 148 Å². The van der Waals surface area contributed by atoms with Gasteiger partial charge in [0.15, 0.2) is 0 Å². The summed E-state index contributed by atoms with van der Waals surface area (Å²) in [6.45, 7) is 5.30. The van der Waals surface area contributed by atoms with Crippen molar-refractivity contribution in [3.8, 4) is 0 Å². The van der Waals surface area contributed by atoms with Crippen molar-refractivity contribution in [2.75, 3.05) is 26.2 Å². The second kappa shape index (κ2) is 25.8. The van der Waals surface area contributed by atoms with Gasteiger partial charge in [0.25, 0.3) is 0 Å². The summed E-state index contributed by atoms with van der Waals surface area (Å²) in [5.41, 5.74) is 0. The van der Waals surface area contributed by atoms with Gasteiger partial charge < -0.3 is 25.1 Å². The third-order valence-electron chi connectivity index (χ3n) is 7.24. The van der Waals surface area contributed by atoms with Gasteiger partial charge >= 0.3 is 11.9 Å². The fraction of sp³-hybridized carbons (Fsp3) is 0.871. The Balaban J connectivity index is 4.92. The van der Waals surface area contributed by atoms with Gasteiger partial charge in [-0.25, -0.2) is 0 Å². The van der Waals surface area contributed by atoms with E-state index in [-0.39, 0.29) is 50.6 Å². The molecule has 0 heterocycles. The van der Waals surface area contributed by atoms with Crippen LogP contribution in [0.5, 0.6) is 0 Å². The van der Waals surface area contributed by atoms with Crippen LogP contribution in [-0.4, -0.2) is 81.2 Å². The number of hydrogen-bond donors (Lipinski definition) is 3. The number of unbranched alkanes of at least 4 members (excludes halogenated alkanes) is 14. The molecule has 2 amide bonds. The van der Waals surface area contributed by atoms with Crippen LogP contribution in [0.2, 0.25) is 0 Å². The average Bonchev–Trinajstić information content (AvgIpc) is 2.91. The molecule has 0 aromatic rings. The summed E-state index contributed by atoms with van der Waals surface area (Å²) in [5, 5.41) is 28.9. The normalized spacial score (nSPS) is 11.1. The molecule has 0 aromatic heterocycles. The maximum Gasteiger partial charge on any atom is 0.303 e. The molecule has 0 atom stereocenters.